The number of pyridine rings is 4. The Kier molecular flexibility index (Phi) is 15.3. The van der Waals surface area contributed by atoms with Gasteiger partial charge in [-0.2, -0.15) is 26.3 Å². The molecule has 0 radical (unpaired) electrons. The second-order valence-electron chi connectivity index (χ2n) is 11.8. The van der Waals surface area contributed by atoms with Gasteiger partial charge in [-0.15, -0.1) is 70.8 Å². The van der Waals surface area contributed by atoms with Gasteiger partial charge in [0.25, 0.3) is 0 Å². The summed E-state index contributed by atoms with van der Waals surface area (Å²) in [5.74, 6) is 0. The van der Waals surface area contributed by atoms with Gasteiger partial charge in [-0.1, -0.05) is 37.1 Å². The van der Waals surface area contributed by atoms with Crippen molar-refractivity contribution in [1.29, 1.82) is 0 Å². The molecule has 0 fully saturated rings. The molecule has 4 heterocycles. The van der Waals surface area contributed by atoms with E-state index < -0.39 is 31.3 Å². The zero-order chi connectivity index (χ0) is 41.3. The maximum Gasteiger partial charge on any atom is 3.00 e. The number of hydrogen-bond acceptors (Lipinski definition) is 4. The molecule has 6 rings (SSSR count). The van der Waals surface area contributed by atoms with Gasteiger partial charge in [0.05, 0.1) is 22.5 Å². The number of benzene rings is 2. The first kappa shape index (κ1) is 47.4. The van der Waals surface area contributed by atoms with Crippen molar-refractivity contribution < 1.29 is 71.6 Å². The van der Waals surface area contributed by atoms with Crippen LogP contribution < -0.4 is 0 Å². The molecule has 4 nitrogen and oxygen atoms in total. The summed E-state index contributed by atoms with van der Waals surface area (Å²) in [6, 6.07) is 29.6. The van der Waals surface area contributed by atoms with Crippen LogP contribution in [0.25, 0.3) is 33.9 Å². The Morgan fingerprint density at radius 3 is 1.00 bits per heavy atom. The van der Waals surface area contributed by atoms with E-state index in [0.29, 0.717) is 12.1 Å². The predicted molar refractivity (Wildman–Crippen MR) is 187 cm³/mol. The van der Waals surface area contributed by atoms with Crippen molar-refractivity contribution in [2.45, 2.75) is 40.0 Å². The molecule has 0 atom stereocenters. The van der Waals surface area contributed by atoms with Gasteiger partial charge in [-0.25, -0.2) is 0 Å². The third-order valence-corrected chi connectivity index (χ3v) is 6.76. The molecule has 6 aromatic rings. The van der Waals surface area contributed by atoms with Gasteiger partial charge in [0, 0.05) is 24.8 Å². The van der Waals surface area contributed by atoms with Crippen LogP contribution in [0.4, 0.5) is 51.5 Å². The number of aromatic nitrogens is 4. The van der Waals surface area contributed by atoms with Crippen molar-refractivity contribution in [1.82, 2.24) is 19.9 Å². The molecule has 0 amide bonds. The first-order valence-electron chi connectivity index (χ1n) is 15.6. The fraction of sp³-hybridized carbons (Fsp3) is 0.158. The van der Waals surface area contributed by atoms with Crippen molar-refractivity contribution in [3.05, 3.63) is 155 Å². The summed E-state index contributed by atoms with van der Waals surface area (Å²) >= 11 is 0. The van der Waals surface area contributed by atoms with E-state index in [0.717, 1.165) is 47.0 Å². The number of aryl methyl sites for hydroxylation is 4. The van der Waals surface area contributed by atoms with Gasteiger partial charge in [-0.05, 0) is 61.6 Å². The van der Waals surface area contributed by atoms with E-state index in [1.54, 1.807) is 0 Å². The van der Waals surface area contributed by atoms with Crippen LogP contribution in [0.1, 0.15) is 33.4 Å². The molecule has 0 bridgehead atoms. The number of nitrogens with zero attached hydrogens (tertiary/aromatic N) is 4. The molecule has 300 valence electrons. The monoisotopic (exact) mass is 994 g/mol. The van der Waals surface area contributed by atoms with Crippen LogP contribution in [0.2, 0.25) is 0 Å². The SMILES string of the molecule is Cc1c[c-]c(-c2cc(C)ccn2)cc1.Cc1c[c-]c(-c2cc(C)ccn2)cc1.FC(F)(F)c1ccnc(-c2cc(C(F)(F)F)ccn2)c1.F[P-](F)(F)(F)(F)F.[Ir+3]. The van der Waals surface area contributed by atoms with E-state index in [1.807, 2.05) is 36.7 Å². The molecule has 0 saturated heterocycles. The topological polar surface area (TPSA) is 51.6 Å². The summed E-state index contributed by atoms with van der Waals surface area (Å²) in [7, 11) is -10.7. The van der Waals surface area contributed by atoms with E-state index in [4.69, 9.17) is 0 Å². The molecule has 56 heavy (non-hydrogen) atoms. The Balaban J connectivity index is 0.000000270. The summed E-state index contributed by atoms with van der Waals surface area (Å²) in [6.45, 7) is 8.26. The Morgan fingerprint density at radius 2 is 0.732 bits per heavy atom. The number of alkyl halides is 6. The van der Waals surface area contributed by atoms with Crippen LogP contribution >= 0.6 is 7.81 Å². The van der Waals surface area contributed by atoms with E-state index in [-0.39, 0.29) is 31.5 Å². The van der Waals surface area contributed by atoms with E-state index in [9.17, 15) is 51.5 Å². The first-order chi connectivity index (χ1) is 25.1. The standard InChI is InChI=1S/2C13H12N.C12H6F6N2.F6P.Ir/c2*1-10-3-5-12(6-4-10)13-9-11(2)7-8-14-13;13-11(14,15)7-1-3-19-9(5-7)10-6-8(2-4-20-10)12(16,17)18;1-7(2,3,4,5)6;/h2*3-5,7-9H,1-2H3;1-6H;;/q2*-1;;-1;+3. The summed E-state index contributed by atoms with van der Waals surface area (Å²) in [5, 5.41) is 0. The fourth-order valence-corrected chi connectivity index (χ4v) is 4.18. The minimum Gasteiger partial charge on any atom is 3.00 e. The summed E-state index contributed by atoms with van der Waals surface area (Å²) < 4.78 is 134. The van der Waals surface area contributed by atoms with Crippen molar-refractivity contribution in [3.63, 3.8) is 0 Å². The van der Waals surface area contributed by atoms with Gasteiger partial charge in [0.15, 0.2) is 0 Å². The van der Waals surface area contributed by atoms with Gasteiger partial charge >= 0.3 is 65.4 Å². The van der Waals surface area contributed by atoms with Gasteiger partial charge < -0.3 is 9.97 Å². The molecule has 2 aromatic carbocycles. The van der Waals surface area contributed by atoms with Gasteiger partial charge in [0.1, 0.15) is 0 Å². The van der Waals surface area contributed by atoms with Crippen LogP contribution in [0.3, 0.4) is 0 Å². The van der Waals surface area contributed by atoms with Crippen LogP contribution in [0.5, 0.6) is 0 Å². The van der Waals surface area contributed by atoms with Crippen LogP contribution in [-0.4, -0.2) is 19.9 Å². The zero-order valence-electron chi connectivity index (χ0n) is 29.5. The molecule has 4 aromatic heterocycles. The van der Waals surface area contributed by atoms with Crippen LogP contribution in [0.15, 0.2) is 110 Å². The van der Waals surface area contributed by atoms with Crippen molar-refractivity contribution in [2.75, 3.05) is 0 Å². The molecular weight excluding hydrogens is 964 g/mol. The molecule has 18 heteroatoms. The average molecular weight is 994 g/mol. The van der Waals surface area contributed by atoms with E-state index in [1.165, 1.54) is 22.3 Å². The van der Waals surface area contributed by atoms with Crippen molar-refractivity contribution in [3.8, 4) is 33.9 Å². The largest absolute Gasteiger partial charge is 3.00 e. The van der Waals surface area contributed by atoms with Crippen molar-refractivity contribution in [2.24, 2.45) is 0 Å². The summed E-state index contributed by atoms with van der Waals surface area (Å²) in [6.07, 6.45) is -3.78. The molecule has 0 aliphatic carbocycles. The molecule has 0 saturated carbocycles. The summed E-state index contributed by atoms with van der Waals surface area (Å²) in [4.78, 5) is 15.8. The molecule has 0 aliphatic heterocycles. The maximum absolute atomic E-state index is 12.5. The Bertz CT molecular complexity index is 2020. The third kappa shape index (κ3) is 18.3. The second kappa shape index (κ2) is 18.0. The molecular formula is C38H30F12IrN4P. The smallest absolute Gasteiger partial charge is 3.00 e. The average Bonchev–Trinajstić information content (AvgIpc) is 3.08. The Labute approximate surface area is 327 Å². The minimum absolute atomic E-state index is 0. The molecule has 0 aliphatic rings. The minimum atomic E-state index is -10.7. The third-order valence-electron chi connectivity index (χ3n) is 6.76. The molecule has 0 spiro atoms. The van der Waals surface area contributed by atoms with E-state index in [2.05, 4.69) is 96.2 Å². The summed E-state index contributed by atoms with van der Waals surface area (Å²) in [5.41, 5.74) is 6.45. The Morgan fingerprint density at radius 1 is 0.429 bits per heavy atom. The fourth-order valence-electron chi connectivity index (χ4n) is 4.18. The molecule has 0 N–H and O–H groups in total. The van der Waals surface area contributed by atoms with Gasteiger partial charge in [-0.3, -0.25) is 9.97 Å². The Hall–Kier alpha value is -4.72. The van der Waals surface area contributed by atoms with Crippen LogP contribution in [-0.2, 0) is 32.5 Å². The van der Waals surface area contributed by atoms with Crippen LogP contribution in [0, 0.1) is 39.8 Å². The van der Waals surface area contributed by atoms with Gasteiger partial charge in [0.2, 0.25) is 0 Å². The second-order valence-corrected chi connectivity index (χ2v) is 13.7. The maximum atomic E-state index is 12.5. The first-order valence-corrected chi connectivity index (χ1v) is 17.6. The number of hydrogen-bond donors (Lipinski definition) is 0. The van der Waals surface area contributed by atoms with Crippen molar-refractivity contribution >= 4 is 7.81 Å². The normalized spacial score (nSPS) is 12.4. The predicted octanol–water partition coefficient (Wildman–Crippen LogP) is 13.9. The zero-order valence-corrected chi connectivity index (χ0v) is 32.8. The number of halogens is 12. The number of rotatable bonds is 3. The molecule has 0 unspecified atom stereocenters. The quantitative estimate of drug-likeness (QED) is 0.101. The van der Waals surface area contributed by atoms with E-state index >= 15 is 0 Å².